The molecule has 0 aromatic rings. The highest BCUT2D eigenvalue weighted by Crippen LogP contribution is 2.28. The summed E-state index contributed by atoms with van der Waals surface area (Å²) in [7, 11) is 1.66. The quantitative estimate of drug-likeness (QED) is 0.668. The Hall–Kier alpha value is -1.06. The molecular weight excluding hydrogens is 218 g/mol. The summed E-state index contributed by atoms with van der Waals surface area (Å²) in [6.45, 7) is 2.19. The molecule has 1 aliphatic rings. The summed E-state index contributed by atoms with van der Waals surface area (Å²) in [5, 5.41) is 0. The number of nitrogens with zero attached hydrogens (tertiary/aromatic N) is 1. The van der Waals surface area contributed by atoms with Gasteiger partial charge in [0, 0.05) is 13.5 Å². The topological polar surface area (TPSA) is 46.6 Å². The minimum Gasteiger partial charge on any atom is -0.465 e. The Kier molecular flexibility index (Phi) is 6.01. The Morgan fingerprint density at radius 3 is 2.53 bits per heavy atom. The summed E-state index contributed by atoms with van der Waals surface area (Å²) in [4.78, 5) is 24.4. The van der Waals surface area contributed by atoms with E-state index in [2.05, 4.69) is 0 Å². The molecule has 0 saturated heterocycles. The first kappa shape index (κ1) is 14.0. The zero-order valence-electron chi connectivity index (χ0n) is 10.9. The maximum Gasteiger partial charge on any atom is 0.325 e. The van der Waals surface area contributed by atoms with Crippen molar-refractivity contribution < 1.29 is 14.3 Å². The van der Waals surface area contributed by atoms with Gasteiger partial charge < -0.3 is 9.64 Å². The Labute approximate surface area is 103 Å². The van der Waals surface area contributed by atoms with Gasteiger partial charge in [-0.15, -0.1) is 0 Å². The van der Waals surface area contributed by atoms with Gasteiger partial charge in [-0.1, -0.05) is 25.7 Å². The highest BCUT2D eigenvalue weighted by atomic mass is 16.5. The van der Waals surface area contributed by atoms with Crippen LogP contribution in [0.15, 0.2) is 0 Å². The molecule has 1 saturated carbocycles. The van der Waals surface area contributed by atoms with Crippen molar-refractivity contribution in [1.29, 1.82) is 0 Å². The summed E-state index contributed by atoms with van der Waals surface area (Å²) in [6.07, 6.45) is 6.64. The summed E-state index contributed by atoms with van der Waals surface area (Å²) >= 11 is 0. The molecule has 0 spiro atoms. The second-order valence-electron chi connectivity index (χ2n) is 4.74. The Morgan fingerprint density at radius 1 is 1.29 bits per heavy atom. The first-order valence-corrected chi connectivity index (χ1v) is 6.53. The number of carbonyl (C=O) groups is 2. The zero-order valence-corrected chi connectivity index (χ0v) is 10.9. The Morgan fingerprint density at radius 2 is 1.94 bits per heavy atom. The lowest BCUT2D eigenvalue weighted by atomic mass is 10.0. The second-order valence-corrected chi connectivity index (χ2v) is 4.74. The number of hydrogen-bond acceptors (Lipinski definition) is 3. The number of rotatable bonds is 6. The fourth-order valence-corrected chi connectivity index (χ4v) is 2.31. The highest BCUT2D eigenvalue weighted by molar-refractivity contribution is 5.81. The van der Waals surface area contributed by atoms with E-state index < -0.39 is 0 Å². The lowest BCUT2D eigenvalue weighted by molar-refractivity contribution is -0.148. The lowest BCUT2D eigenvalue weighted by Crippen LogP contribution is -2.33. The largest absolute Gasteiger partial charge is 0.465 e. The molecule has 1 amide bonds. The maximum absolute atomic E-state index is 11.8. The average molecular weight is 241 g/mol. The van der Waals surface area contributed by atoms with Crippen LogP contribution < -0.4 is 0 Å². The SMILES string of the molecule is CCOC(=O)CN(C)C(=O)CCC1CCCC1. The van der Waals surface area contributed by atoms with Crippen molar-refractivity contribution in [1.82, 2.24) is 4.90 Å². The molecule has 17 heavy (non-hydrogen) atoms. The molecule has 0 atom stereocenters. The van der Waals surface area contributed by atoms with Crippen LogP contribution in [0.1, 0.15) is 45.4 Å². The van der Waals surface area contributed by atoms with Crippen LogP contribution in [0.3, 0.4) is 0 Å². The van der Waals surface area contributed by atoms with Gasteiger partial charge in [-0.25, -0.2) is 0 Å². The molecule has 0 N–H and O–H groups in total. The van der Waals surface area contributed by atoms with Crippen molar-refractivity contribution in [2.24, 2.45) is 5.92 Å². The molecule has 1 aliphatic carbocycles. The predicted molar refractivity (Wildman–Crippen MR) is 65.5 cm³/mol. The van der Waals surface area contributed by atoms with Crippen molar-refractivity contribution in [2.45, 2.75) is 45.4 Å². The molecule has 0 unspecified atom stereocenters. The monoisotopic (exact) mass is 241 g/mol. The van der Waals surface area contributed by atoms with E-state index >= 15 is 0 Å². The van der Waals surface area contributed by atoms with Gasteiger partial charge in [0.2, 0.25) is 5.91 Å². The fraction of sp³-hybridized carbons (Fsp3) is 0.846. The average Bonchev–Trinajstić information content (AvgIpc) is 2.78. The molecule has 0 radical (unpaired) electrons. The van der Waals surface area contributed by atoms with Crippen LogP contribution in [0.2, 0.25) is 0 Å². The number of carbonyl (C=O) groups excluding carboxylic acids is 2. The van der Waals surface area contributed by atoms with Gasteiger partial charge in [0.15, 0.2) is 0 Å². The van der Waals surface area contributed by atoms with E-state index in [0.717, 1.165) is 12.3 Å². The van der Waals surface area contributed by atoms with E-state index in [1.807, 2.05) is 0 Å². The third kappa shape index (κ3) is 5.20. The Balaban J connectivity index is 2.19. The highest BCUT2D eigenvalue weighted by Gasteiger charge is 2.18. The van der Waals surface area contributed by atoms with Gasteiger partial charge in [0.1, 0.15) is 6.54 Å². The summed E-state index contributed by atoms with van der Waals surface area (Å²) in [6, 6.07) is 0. The van der Waals surface area contributed by atoms with E-state index in [1.165, 1.54) is 30.6 Å². The first-order chi connectivity index (χ1) is 8.13. The number of amides is 1. The van der Waals surface area contributed by atoms with E-state index in [0.29, 0.717) is 13.0 Å². The predicted octanol–water partition coefficient (Wildman–Crippen LogP) is 1.98. The van der Waals surface area contributed by atoms with E-state index in [4.69, 9.17) is 4.74 Å². The van der Waals surface area contributed by atoms with E-state index in [1.54, 1.807) is 14.0 Å². The minimum atomic E-state index is -0.329. The molecule has 0 bridgehead atoms. The lowest BCUT2D eigenvalue weighted by Gasteiger charge is -2.17. The normalized spacial score (nSPS) is 15.9. The summed E-state index contributed by atoms with van der Waals surface area (Å²) < 4.78 is 4.81. The van der Waals surface area contributed by atoms with E-state index in [-0.39, 0.29) is 18.4 Å². The molecule has 0 aromatic heterocycles. The maximum atomic E-state index is 11.8. The van der Waals surface area contributed by atoms with Gasteiger partial charge in [0.05, 0.1) is 6.61 Å². The van der Waals surface area contributed by atoms with E-state index in [9.17, 15) is 9.59 Å². The van der Waals surface area contributed by atoms with Crippen LogP contribution in [0, 0.1) is 5.92 Å². The van der Waals surface area contributed by atoms with Gasteiger partial charge in [0.25, 0.3) is 0 Å². The van der Waals surface area contributed by atoms with Crippen molar-refractivity contribution in [3.05, 3.63) is 0 Å². The summed E-state index contributed by atoms with van der Waals surface area (Å²) in [5.41, 5.74) is 0. The molecule has 4 heteroatoms. The standard InChI is InChI=1S/C13H23NO3/c1-3-17-13(16)10-14(2)12(15)9-8-11-6-4-5-7-11/h11H,3-10H2,1-2H3. The summed E-state index contributed by atoms with van der Waals surface area (Å²) in [5.74, 6) is 0.434. The van der Waals surface area contributed by atoms with Crippen molar-refractivity contribution in [3.8, 4) is 0 Å². The van der Waals surface area contributed by atoms with Crippen LogP contribution in [0.5, 0.6) is 0 Å². The minimum absolute atomic E-state index is 0.0463. The molecule has 0 aliphatic heterocycles. The third-order valence-corrected chi connectivity index (χ3v) is 3.34. The Bertz CT molecular complexity index is 259. The first-order valence-electron chi connectivity index (χ1n) is 6.53. The molecule has 98 valence electrons. The smallest absolute Gasteiger partial charge is 0.325 e. The van der Waals surface area contributed by atoms with Crippen LogP contribution in [0.4, 0.5) is 0 Å². The number of likely N-dealkylation sites (N-methyl/N-ethyl adjacent to an activating group) is 1. The molecule has 4 nitrogen and oxygen atoms in total. The van der Waals surface area contributed by atoms with Crippen LogP contribution in [0.25, 0.3) is 0 Å². The molecule has 1 rings (SSSR count). The van der Waals surface area contributed by atoms with Gasteiger partial charge in [-0.05, 0) is 19.3 Å². The van der Waals surface area contributed by atoms with Crippen LogP contribution in [-0.2, 0) is 14.3 Å². The van der Waals surface area contributed by atoms with Gasteiger partial charge >= 0.3 is 5.97 Å². The fourth-order valence-electron chi connectivity index (χ4n) is 2.31. The zero-order chi connectivity index (χ0) is 12.7. The molecule has 0 heterocycles. The second kappa shape index (κ2) is 7.30. The van der Waals surface area contributed by atoms with Crippen LogP contribution in [-0.4, -0.2) is 37.0 Å². The number of hydrogen-bond donors (Lipinski definition) is 0. The van der Waals surface area contributed by atoms with Gasteiger partial charge in [-0.3, -0.25) is 9.59 Å². The van der Waals surface area contributed by atoms with Crippen molar-refractivity contribution in [3.63, 3.8) is 0 Å². The number of ether oxygens (including phenoxy) is 1. The van der Waals surface area contributed by atoms with Gasteiger partial charge in [-0.2, -0.15) is 0 Å². The molecule has 1 fully saturated rings. The van der Waals surface area contributed by atoms with Crippen LogP contribution >= 0.6 is 0 Å². The van der Waals surface area contributed by atoms with Crippen molar-refractivity contribution in [2.75, 3.05) is 20.2 Å². The molecule has 0 aromatic carbocycles. The van der Waals surface area contributed by atoms with Crippen molar-refractivity contribution >= 4 is 11.9 Å². The third-order valence-electron chi connectivity index (χ3n) is 3.34. The number of esters is 1. The molecular formula is C13H23NO3.